The lowest BCUT2D eigenvalue weighted by atomic mass is 10.2. The fourth-order valence-corrected chi connectivity index (χ4v) is 0.386. The Morgan fingerprint density at radius 2 is 2.22 bits per heavy atom. The summed E-state index contributed by atoms with van der Waals surface area (Å²) in [5.41, 5.74) is 0.491. The minimum Gasteiger partial charge on any atom is -0.294 e. The molecule has 0 aliphatic carbocycles. The van der Waals surface area contributed by atoms with E-state index in [1.54, 1.807) is 0 Å². The van der Waals surface area contributed by atoms with Gasteiger partial charge in [-0.2, -0.15) is 0 Å². The zero-order chi connectivity index (χ0) is 7.28. The molecule has 9 heavy (non-hydrogen) atoms. The minimum atomic E-state index is -0.0441. The molecular formula is C7H9NO. The van der Waals surface area contributed by atoms with Gasteiger partial charge in [-0.05, 0) is 13.6 Å². The van der Waals surface area contributed by atoms with E-state index in [-0.39, 0.29) is 5.78 Å². The largest absolute Gasteiger partial charge is 0.294 e. The summed E-state index contributed by atoms with van der Waals surface area (Å²) in [6.45, 7) is 8.09. The van der Waals surface area contributed by atoms with Crippen molar-refractivity contribution in [3.63, 3.8) is 0 Å². The van der Waals surface area contributed by atoms with Crippen molar-refractivity contribution >= 4 is 12.5 Å². The predicted octanol–water partition coefficient (Wildman–Crippen LogP) is 1.35. The Morgan fingerprint density at radius 1 is 1.67 bits per heavy atom. The molecule has 0 aliphatic rings. The number of ketones is 1. The monoisotopic (exact) mass is 123 g/mol. The van der Waals surface area contributed by atoms with Crippen LogP contribution in [0, 0.1) is 0 Å². The lowest BCUT2D eigenvalue weighted by Gasteiger charge is -1.88. The zero-order valence-electron chi connectivity index (χ0n) is 5.42. The summed E-state index contributed by atoms with van der Waals surface area (Å²) in [5.74, 6) is -0.0441. The third kappa shape index (κ3) is 2.59. The molecule has 0 aromatic heterocycles. The molecule has 0 saturated carbocycles. The molecule has 0 aromatic rings. The third-order valence-corrected chi connectivity index (χ3v) is 0.857. The molecule has 48 valence electrons. The maximum Gasteiger partial charge on any atom is 0.161 e. The van der Waals surface area contributed by atoms with Gasteiger partial charge in [-0.3, -0.25) is 9.79 Å². The highest BCUT2D eigenvalue weighted by molar-refractivity contribution is 5.95. The molecule has 0 atom stereocenters. The van der Waals surface area contributed by atoms with Gasteiger partial charge >= 0.3 is 0 Å². The number of rotatable bonds is 3. The first-order valence-corrected chi connectivity index (χ1v) is 2.51. The second-order valence-electron chi connectivity index (χ2n) is 1.53. The number of aliphatic imine (C=N–C) groups is 1. The van der Waals surface area contributed by atoms with Crippen molar-refractivity contribution in [2.75, 3.05) is 0 Å². The maximum absolute atomic E-state index is 10.5. The Morgan fingerprint density at radius 3 is 2.33 bits per heavy atom. The second-order valence-corrected chi connectivity index (χ2v) is 1.53. The Kier molecular flexibility index (Phi) is 3.28. The molecule has 0 bridgehead atoms. The van der Waals surface area contributed by atoms with E-state index in [2.05, 4.69) is 18.3 Å². The van der Waals surface area contributed by atoms with E-state index in [1.165, 1.54) is 19.2 Å². The number of nitrogens with zero attached hydrogens (tertiary/aromatic N) is 1. The van der Waals surface area contributed by atoms with Crippen molar-refractivity contribution in [3.05, 3.63) is 24.4 Å². The van der Waals surface area contributed by atoms with E-state index in [9.17, 15) is 4.79 Å². The van der Waals surface area contributed by atoms with Crippen LogP contribution in [0.25, 0.3) is 0 Å². The fourth-order valence-electron chi connectivity index (χ4n) is 0.386. The predicted molar refractivity (Wildman–Crippen MR) is 38.5 cm³/mol. The fraction of sp³-hybridized carbons (Fsp3) is 0.143. The lowest BCUT2D eigenvalue weighted by molar-refractivity contribution is -0.113. The minimum absolute atomic E-state index is 0.0441. The van der Waals surface area contributed by atoms with Crippen LogP contribution in [0.1, 0.15) is 6.92 Å². The summed E-state index contributed by atoms with van der Waals surface area (Å²) in [4.78, 5) is 14.0. The average Bonchev–Trinajstić information content (AvgIpc) is 1.82. The number of hydrogen-bond acceptors (Lipinski definition) is 2. The number of allylic oxidation sites excluding steroid dienone is 2. The average molecular weight is 123 g/mol. The van der Waals surface area contributed by atoms with E-state index < -0.39 is 0 Å². The van der Waals surface area contributed by atoms with Gasteiger partial charge in [-0.15, -0.1) is 0 Å². The van der Waals surface area contributed by atoms with Crippen LogP contribution in [0.3, 0.4) is 0 Å². The van der Waals surface area contributed by atoms with Crippen molar-refractivity contribution in [1.29, 1.82) is 0 Å². The molecule has 0 fully saturated rings. The highest BCUT2D eigenvalue weighted by Crippen LogP contribution is 1.95. The van der Waals surface area contributed by atoms with E-state index in [0.29, 0.717) is 5.57 Å². The van der Waals surface area contributed by atoms with Gasteiger partial charge in [0.2, 0.25) is 0 Å². The molecule has 0 spiro atoms. The van der Waals surface area contributed by atoms with Crippen molar-refractivity contribution in [2.45, 2.75) is 6.92 Å². The zero-order valence-corrected chi connectivity index (χ0v) is 5.42. The van der Waals surface area contributed by atoms with Gasteiger partial charge in [0.25, 0.3) is 0 Å². The first-order chi connectivity index (χ1) is 4.22. The van der Waals surface area contributed by atoms with Gasteiger partial charge in [0, 0.05) is 11.8 Å². The molecule has 0 saturated heterocycles. The quantitative estimate of drug-likeness (QED) is 0.316. The summed E-state index contributed by atoms with van der Waals surface area (Å²) < 4.78 is 0. The molecule has 0 heterocycles. The van der Waals surface area contributed by atoms with Crippen molar-refractivity contribution in [3.8, 4) is 0 Å². The number of carbonyl (C=O) groups is 1. The first-order valence-electron chi connectivity index (χ1n) is 2.51. The van der Waals surface area contributed by atoms with Crippen LogP contribution in [0.5, 0.6) is 0 Å². The molecule has 0 aliphatic heterocycles. The van der Waals surface area contributed by atoms with Crippen molar-refractivity contribution < 1.29 is 4.79 Å². The SMILES string of the molecule is C=C/C(=C\N=C)C(C)=O. The van der Waals surface area contributed by atoms with Gasteiger partial charge in [0.1, 0.15) is 0 Å². The van der Waals surface area contributed by atoms with Crippen LogP contribution in [0.4, 0.5) is 0 Å². The van der Waals surface area contributed by atoms with Gasteiger partial charge in [-0.1, -0.05) is 12.7 Å². The van der Waals surface area contributed by atoms with Crippen LogP contribution in [0.15, 0.2) is 29.4 Å². The Hall–Kier alpha value is -1.18. The molecule has 0 rings (SSSR count). The summed E-state index contributed by atoms with van der Waals surface area (Å²) in [6.07, 6.45) is 2.84. The van der Waals surface area contributed by atoms with Crippen LogP contribution in [-0.2, 0) is 4.79 Å². The topological polar surface area (TPSA) is 29.4 Å². The highest BCUT2D eigenvalue weighted by atomic mass is 16.1. The number of carbonyl (C=O) groups excluding carboxylic acids is 1. The van der Waals surface area contributed by atoms with E-state index in [4.69, 9.17) is 0 Å². The standard InChI is InChI=1S/C7H9NO/c1-4-7(5-8-3)6(2)9/h4-5H,1,3H2,2H3/b7-5+. The molecule has 2 nitrogen and oxygen atoms in total. The second kappa shape index (κ2) is 3.78. The van der Waals surface area contributed by atoms with Gasteiger partial charge < -0.3 is 0 Å². The molecule has 0 N–H and O–H groups in total. The summed E-state index contributed by atoms with van der Waals surface area (Å²) >= 11 is 0. The molecular weight excluding hydrogens is 114 g/mol. The molecule has 0 amide bonds. The van der Waals surface area contributed by atoms with Crippen LogP contribution < -0.4 is 0 Å². The van der Waals surface area contributed by atoms with E-state index in [1.807, 2.05) is 0 Å². The maximum atomic E-state index is 10.5. The molecule has 0 unspecified atom stereocenters. The van der Waals surface area contributed by atoms with E-state index in [0.717, 1.165) is 0 Å². The number of hydrogen-bond donors (Lipinski definition) is 0. The number of Topliss-reactive ketones (excluding diaryl/α,β-unsaturated/α-hetero) is 1. The Bertz CT molecular complexity index is 168. The normalized spacial score (nSPS) is 10.6. The summed E-state index contributed by atoms with van der Waals surface area (Å²) in [7, 11) is 0. The smallest absolute Gasteiger partial charge is 0.161 e. The van der Waals surface area contributed by atoms with Gasteiger partial charge in [0.15, 0.2) is 5.78 Å². The van der Waals surface area contributed by atoms with Crippen molar-refractivity contribution in [2.24, 2.45) is 4.99 Å². The van der Waals surface area contributed by atoms with E-state index >= 15 is 0 Å². The van der Waals surface area contributed by atoms with Crippen LogP contribution in [0.2, 0.25) is 0 Å². The third-order valence-electron chi connectivity index (χ3n) is 0.857. The van der Waals surface area contributed by atoms with Gasteiger partial charge in [0.05, 0.1) is 0 Å². The summed E-state index contributed by atoms with van der Waals surface area (Å²) in [6, 6.07) is 0. The van der Waals surface area contributed by atoms with Crippen molar-refractivity contribution in [1.82, 2.24) is 0 Å². The Balaban J connectivity index is 4.32. The van der Waals surface area contributed by atoms with Crippen LogP contribution in [-0.4, -0.2) is 12.5 Å². The molecule has 2 heteroatoms. The first kappa shape index (κ1) is 7.82. The Labute approximate surface area is 54.6 Å². The van der Waals surface area contributed by atoms with Gasteiger partial charge in [-0.25, -0.2) is 0 Å². The molecule has 0 radical (unpaired) electrons. The molecule has 0 aromatic carbocycles. The van der Waals surface area contributed by atoms with Crippen LogP contribution >= 0.6 is 0 Å². The lowest BCUT2D eigenvalue weighted by Crippen LogP contribution is -1.90. The summed E-state index contributed by atoms with van der Waals surface area (Å²) in [5, 5.41) is 0. The highest BCUT2D eigenvalue weighted by Gasteiger charge is 1.94.